The van der Waals surface area contributed by atoms with Gasteiger partial charge in [-0.3, -0.25) is 9.69 Å². The zero-order valence-corrected chi connectivity index (χ0v) is 12.6. The predicted molar refractivity (Wildman–Crippen MR) is 76.7 cm³/mol. The van der Waals surface area contributed by atoms with Gasteiger partial charge in [-0.2, -0.15) is 0 Å². The van der Waals surface area contributed by atoms with E-state index in [-0.39, 0.29) is 29.4 Å². The van der Waals surface area contributed by atoms with Gasteiger partial charge in [-0.1, -0.05) is 20.8 Å². The largest absolute Gasteiger partial charge is 0.393 e. The second-order valence-corrected chi connectivity index (χ2v) is 6.71. The molecular weight excluding hydrogens is 242 g/mol. The molecule has 19 heavy (non-hydrogen) atoms. The van der Waals surface area contributed by atoms with Crippen molar-refractivity contribution in [3.8, 4) is 0 Å². The van der Waals surface area contributed by atoms with Gasteiger partial charge in [0.2, 0.25) is 5.91 Å². The number of nitrogens with one attached hydrogen (secondary N) is 1. The van der Waals surface area contributed by atoms with Crippen LogP contribution in [-0.4, -0.2) is 54.2 Å². The Morgan fingerprint density at radius 3 is 2.58 bits per heavy atom. The highest BCUT2D eigenvalue weighted by Gasteiger charge is 2.32. The smallest absolute Gasteiger partial charge is 0.225 e. The number of rotatable bonds is 4. The van der Waals surface area contributed by atoms with Crippen LogP contribution < -0.4 is 11.1 Å². The molecular formula is C14H29N3O2. The first-order valence-electron chi connectivity index (χ1n) is 7.15. The van der Waals surface area contributed by atoms with E-state index in [0.717, 1.165) is 26.1 Å². The summed E-state index contributed by atoms with van der Waals surface area (Å²) < 4.78 is 0. The van der Waals surface area contributed by atoms with E-state index >= 15 is 0 Å². The van der Waals surface area contributed by atoms with E-state index in [1.54, 1.807) is 0 Å². The number of amides is 1. The Hall–Kier alpha value is -0.650. The van der Waals surface area contributed by atoms with Crippen LogP contribution in [0.3, 0.4) is 0 Å². The third-order valence-corrected chi connectivity index (χ3v) is 3.70. The minimum Gasteiger partial charge on any atom is -0.393 e. The number of hydrogen-bond acceptors (Lipinski definition) is 4. The summed E-state index contributed by atoms with van der Waals surface area (Å²) in [5.41, 5.74) is 5.23. The van der Waals surface area contributed by atoms with E-state index in [2.05, 4.69) is 10.2 Å². The van der Waals surface area contributed by atoms with Crippen LogP contribution in [0.4, 0.5) is 0 Å². The number of hydrogen-bond donors (Lipinski definition) is 3. The standard InChI is InChI=1S/C14H29N3O2/c1-10(18)11-7-12(9-17(8-11)6-5-15)16-13(19)14(2,3)4/h10-12,18H,5-9,15H2,1-4H3,(H,16,19). The first-order chi connectivity index (χ1) is 8.74. The Kier molecular flexibility index (Phi) is 5.77. The lowest BCUT2D eigenvalue weighted by Crippen LogP contribution is -2.55. The second kappa shape index (κ2) is 6.68. The summed E-state index contributed by atoms with van der Waals surface area (Å²) in [7, 11) is 0. The zero-order chi connectivity index (χ0) is 14.6. The summed E-state index contributed by atoms with van der Waals surface area (Å²) in [6.07, 6.45) is 0.482. The third kappa shape index (κ3) is 5.09. The van der Waals surface area contributed by atoms with Gasteiger partial charge in [-0.05, 0) is 19.3 Å². The predicted octanol–water partition coefficient (Wildman–Crippen LogP) is 0.179. The lowest BCUT2D eigenvalue weighted by atomic mass is 9.88. The van der Waals surface area contributed by atoms with Crippen molar-refractivity contribution in [1.82, 2.24) is 10.2 Å². The maximum absolute atomic E-state index is 12.1. The van der Waals surface area contributed by atoms with E-state index in [9.17, 15) is 9.90 Å². The molecule has 1 aliphatic rings. The van der Waals surface area contributed by atoms with Crippen molar-refractivity contribution < 1.29 is 9.90 Å². The molecule has 3 unspecified atom stereocenters. The molecule has 1 rings (SSSR count). The molecule has 0 aliphatic carbocycles. The summed E-state index contributed by atoms with van der Waals surface area (Å²) in [6, 6.07) is 0.103. The Labute approximate surface area is 116 Å². The average molecular weight is 271 g/mol. The highest BCUT2D eigenvalue weighted by Crippen LogP contribution is 2.21. The van der Waals surface area contributed by atoms with Crippen molar-refractivity contribution in [2.45, 2.75) is 46.3 Å². The van der Waals surface area contributed by atoms with Gasteiger partial charge >= 0.3 is 0 Å². The molecule has 4 N–H and O–H groups in total. The number of nitrogens with two attached hydrogens (primary N) is 1. The van der Waals surface area contributed by atoms with Gasteiger partial charge in [0.05, 0.1) is 6.10 Å². The van der Waals surface area contributed by atoms with Gasteiger partial charge in [0.1, 0.15) is 0 Å². The molecule has 1 fully saturated rings. The molecule has 0 aromatic heterocycles. The molecule has 0 bridgehead atoms. The maximum atomic E-state index is 12.1. The molecule has 0 aromatic carbocycles. The fraction of sp³-hybridized carbons (Fsp3) is 0.929. The van der Waals surface area contributed by atoms with Crippen LogP contribution in [0, 0.1) is 11.3 Å². The monoisotopic (exact) mass is 271 g/mol. The fourth-order valence-electron chi connectivity index (χ4n) is 2.45. The molecule has 0 spiro atoms. The summed E-state index contributed by atoms with van der Waals surface area (Å²) in [5.74, 6) is 0.266. The first kappa shape index (κ1) is 16.4. The van der Waals surface area contributed by atoms with Gasteiger partial charge in [-0.25, -0.2) is 0 Å². The molecule has 1 amide bonds. The summed E-state index contributed by atoms with van der Waals surface area (Å²) in [4.78, 5) is 14.3. The molecule has 1 aliphatic heterocycles. The minimum atomic E-state index is -0.379. The number of aliphatic hydroxyl groups is 1. The minimum absolute atomic E-state index is 0.0661. The number of carbonyl (C=O) groups is 1. The Morgan fingerprint density at radius 1 is 1.47 bits per heavy atom. The van der Waals surface area contributed by atoms with Crippen LogP contribution in [0.25, 0.3) is 0 Å². The normalized spacial score (nSPS) is 27.1. The van der Waals surface area contributed by atoms with E-state index in [1.807, 2.05) is 27.7 Å². The van der Waals surface area contributed by atoms with Crippen LogP contribution in [0.5, 0.6) is 0 Å². The molecule has 5 heteroatoms. The van der Waals surface area contributed by atoms with E-state index in [4.69, 9.17) is 5.73 Å². The molecule has 0 radical (unpaired) electrons. The van der Waals surface area contributed by atoms with Crippen LogP contribution in [0.2, 0.25) is 0 Å². The SMILES string of the molecule is CC(O)C1CC(NC(=O)C(C)(C)C)CN(CCN)C1. The fourth-order valence-corrected chi connectivity index (χ4v) is 2.45. The summed E-state index contributed by atoms with van der Waals surface area (Å²) >= 11 is 0. The average Bonchev–Trinajstić information content (AvgIpc) is 2.27. The zero-order valence-electron chi connectivity index (χ0n) is 12.6. The molecule has 1 heterocycles. The van der Waals surface area contributed by atoms with Crippen LogP contribution in [-0.2, 0) is 4.79 Å². The lowest BCUT2D eigenvalue weighted by Gasteiger charge is -2.39. The third-order valence-electron chi connectivity index (χ3n) is 3.70. The maximum Gasteiger partial charge on any atom is 0.225 e. The summed E-state index contributed by atoms with van der Waals surface area (Å²) in [6.45, 7) is 10.6. The lowest BCUT2D eigenvalue weighted by molar-refractivity contribution is -0.130. The van der Waals surface area contributed by atoms with Crippen molar-refractivity contribution in [1.29, 1.82) is 0 Å². The number of carbonyl (C=O) groups excluding carboxylic acids is 1. The number of piperidine rings is 1. The van der Waals surface area contributed by atoms with Crippen molar-refractivity contribution in [2.24, 2.45) is 17.1 Å². The molecule has 1 saturated heterocycles. The van der Waals surface area contributed by atoms with Crippen LogP contribution >= 0.6 is 0 Å². The Bertz CT molecular complexity index is 300. The molecule has 5 nitrogen and oxygen atoms in total. The van der Waals surface area contributed by atoms with Crippen molar-refractivity contribution in [2.75, 3.05) is 26.2 Å². The second-order valence-electron chi connectivity index (χ2n) is 6.71. The van der Waals surface area contributed by atoms with E-state index < -0.39 is 0 Å². The van der Waals surface area contributed by atoms with Crippen LogP contribution in [0.15, 0.2) is 0 Å². The van der Waals surface area contributed by atoms with Crippen molar-refractivity contribution in [3.63, 3.8) is 0 Å². The van der Waals surface area contributed by atoms with E-state index in [0.29, 0.717) is 6.54 Å². The van der Waals surface area contributed by atoms with Crippen molar-refractivity contribution in [3.05, 3.63) is 0 Å². The topological polar surface area (TPSA) is 78.6 Å². The molecule has 112 valence electrons. The number of likely N-dealkylation sites (tertiary alicyclic amines) is 1. The van der Waals surface area contributed by atoms with E-state index in [1.165, 1.54) is 0 Å². The van der Waals surface area contributed by atoms with Gasteiger partial charge in [-0.15, -0.1) is 0 Å². The number of aliphatic hydroxyl groups excluding tert-OH is 1. The van der Waals surface area contributed by atoms with Gasteiger partial charge in [0.25, 0.3) is 0 Å². The Morgan fingerprint density at radius 2 is 2.11 bits per heavy atom. The summed E-state index contributed by atoms with van der Waals surface area (Å²) in [5, 5.41) is 12.9. The Balaban J connectivity index is 2.63. The van der Waals surface area contributed by atoms with Crippen molar-refractivity contribution >= 4 is 5.91 Å². The van der Waals surface area contributed by atoms with Gasteiger partial charge < -0.3 is 16.2 Å². The van der Waals surface area contributed by atoms with Gasteiger partial charge in [0.15, 0.2) is 0 Å². The highest BCUT2D eigenvalue weighted by atomic mass is 16.3. The highest BCUT2D eigenvalue weighted by molar-refractivity contribution is 5.81. The number of nitrogens with zero attached hydrogens (tertiary/aromatic N) is 1. The molecule has 0 aromatic rings. The van der Waals surface area contributed by atoms with Gasteiger partial charge in [0, 0.05) is 37.6 Å². The quantitative estimate of drug-likeness (QED) is 0.681. The first-order valence-corrected chi connectivity index (χ1v) is 7.15. The molecule has 3 atom stereocenters. The molecule has 0 saturated carbocycles. The van der Waals surface area contributed by atoms with Crippen LogP contribution in [0.1, 0.15) is 34.1 Å².